The maximum absolute atomic E-state index is 13.5. The van der Waals surface area contributed by atoms with E-state index in [1.807, 2.05) is 31.2 Å². The maximum atomic E-state index is 13.5. The number of ether oxygens (including phenoxy) is 3. The number of barbiturate groups is 1. The van der Waals surface area contributed by atoms with Crippen molar-refractivity contribution in [1.29, 1.82) is 0 Å². The lowest BCUT2D eigenvalue weighted by atomic mass is 10.1. The number of imide groups is 2. The minimum Gasteiger partial charge on any atom is -0.490 e. The molecule has 4 aromatic rings. The van der Waals surface area contributed by atoms with Crippen LogP contribution in [0.25, 0.3) is 6.08 Å². The molecular weight excluding hydrogens is 658 g/mol. The molecule has 0 saturated carbocycles. The second-order valence-electron chi connectivity index (χ2n) is 10.2. The van der Waals surface area contributed by atoms with Gasteiger partial charge in [0, 0.05) is 12.1 Å². The Hall–Kier alpha value is -5.49. The van der Waals surface area contributed by atoms with Crippen molar-refractivity contribution in [1.82, 2.24) is 5.32 Å². The zero-order valence-electron chi connectivity index (χ0n) is 24.8. The number of carbonyl (C=O) groups excluding carboxylic acids is 3. The number of nitrogens with zero attached hydrogens (tertiary/aromatic N) is 2. The van der Waals surface area contributed by atoms with Crippen molar-refractivity contribution in [3.05, 3.63) is 127 Å². The third-order valence-electron chi connectivity index (χ3n) is 6.90. The number of benzene rings is 4. The Kier molecular flexibility index (Phi) is 9.77. The normalized spacial score (nSPS) is 13.8. The fourth-order valence-electron chi connectivity index (χ4n) is 4.54. The number of hydrogen-bond donors (Lipinski definition) is 1. The van der Waals surface area contributed by atoms with Crippen LogP contribution >= 0.6 is 15.9 Å². The number of nitro groups is 1. The first kappa shape index (κ1) is 31.9. The van der Waals surface area contributed by atoms with Gasteiger partial charge in [-0.3, -0.25) is 25.0 Å². The maximum Gasteiger partial charge on any atom is 0.335 e. The number of rotatable bonds is 11. The second kappa shape index (κ2) is 14.1. The summed E-state index contributed by atoms with van der Waals surface area (Å²) in [6.07, 6.45) is 1.36. The average Bonchev–Trinajstić information content (AvgIpc) is 3.03. The number of anilines is 1. The summed E-state index contributed by atoms with van der Waals surface area (Å²) < 4.78 is 18.1. The van der Waals surface area contributed by atoms with E-state index in [2.05, 4.69) is 21.2 Å². The van der Waals surface area contributed by atoms with Crippen LogP contribution in [-0.2, 0) is 22.8 Å². The van der Waals surface area contributed by atoms with Crippen LogP contribution in [0.1, 0.15) is 29.2 Å². The quantitative estimate of drug-likeness (QED) is 0.0780. The van der Waals surface area contributed by atoms with Gasteiger partial charge in [0.05, 0.1) is 21.7 Å². The topological polar surface area (TPSA) is 137 Å². The zero-order chi connectivity index (χ0) is 32.8. The first-order valence-electron chi connectivity index (χ1n) is 14.1. The molecule has 1 heterocycles. The van der Waals surface area contributed by atoms with Crippen LogP contribution in [0.3, 0.4) is 0 Å². The van der Waals surface area contributed by atoms with Gasteiger partial charge in [0.25, 0.3) is 17.5 Å². The van der Waals surface area contributed by atoms with Crippen LogP contribution in [0, 0.1) is 17.0 Å². The van der Waals surface area contributed by atoms with Crippen molar-refractivity contribution in [3.63, 3.8) is 0 Å². The van der Waals surface area contributed by atoms with Gasteiger partial charge < -0.3 is 14.2 Å². The molecule has 4 amide bonds. The summed E-state index contributed by atoms with van der Waals surface area (Å²) in [6, 6.07) is 22.7. The van der Waals surface area contributed by atoms with Gasteiger partial charge in [-0.15, -0.1) is 0 Å². The summed E-state index contributed by atoms with van der Waals surface area (Å²) in [5.41, 5.74) is 3.25. The van der Waals surface area contributed by atoms with E-state index < -0.39 is 22.8 Å². The predicted molar refractivity (Wildman–Crippen MR) is 174 cm³/mol. The third kappa shape index (κ3) is 7.41. The fourth-order valence-corrected chi connectivity index (χ4v) is 5.12. The van der Waals surface area contributed by atoms with Crippen molar-refractivity contribution in [2.45, 2.75) is 27.1 Å². The molecule has 1 fully saturated rings. The number of aryl methyl sites for hydroxylation is 1. The Morgan fingerprint density at radius 1 is 0.870 bits per heavy atom. The number of nitrogens with one attached hydrogen (secondary N) is 1. The van der Waals surface area contributed by atoms with E-state index in [1.165, 1.54) is 18.2 Å². The van der Waals surface area contributed by atoms with E-state index in [9.17, 15) is 24.5 Å². The Morgan fingerprint density at radius 2 is 1.50 bits per heavy atom. The van der Waals surface area contributed by atoms with E-state index in [1.54, 1.807) is 55.5 Å². The third-order valence-corrected chi connectivity index (χ3v) is 7.48. The highest BCUT2D eigenvalue weighted by molar-refractivity contribution is 9.10. The Balaban J connectivity index is 1.34. The summed E-state index contributed by atoms with van der Waals surface area (Å²) in [4.78, 5) is 50.4. The molecule has 0 aromatic heterocycles. The number of non-ortho nitro benzene ring substituents is 1. The van der Waals surface area contributed by atoms with Crippen LogP contribution in [-0.4, -0.2) is 29.4 Å². The van der Waals surface area contributed by atoms with Gasteiger partial charge in [-0.2, -0.15) is 0 Å². The molecule has 46 heavy (non-hydrogen) atoms. The highest BCUT2D eigenvalue weighted by Crippen LogP contribution is 2.38. The zero-order valence-corrected chi connectivity index (χ0v) is 26.4. The highest BCUT2D eigenvalue weighted by Gasteiger charge is 2.37. The number of nitro benzene ring substituents is 1. The monoisotopic (exact) mass is 685 g/mol. The van der Waals surface area contributed by atoms with E-state index >= 15 is 0 Å². The molecule has 1 aliphatic rings. The SMILES string of the molecule is CCOc1cc(/C=C2\C(=O)NC(=O)N(c3ccc(OCc4ccc(C)cc4)cc3)C2=O)cc(Br)c1OCc1ccc([N+](=O)[O-])cc1. The molecule has 0 radical (unpaired) electrons. The predicted octanol–water partition coefficient (Wildman–Crippen LogP) is 6.89. The van der Waals surface area contributed by atoms with Crippen molar-refractivity contribution in [3.8, 4) is 17.2 Å². The lowest BCUT2D eigenvalue weighted by molar-refractivity contribution is -0.384. The van der Waals surface area contributed by atoms with Gasteiger partial charge in [0.15, 0.2) is 11.5 Å². The lowest BCUT2D eigenvalue weighted by Crippen LogP contribution is -2.54. The van der Waals surface area contributed by atoms with Crippen molar-refractivity contribution < 1.29 is 33.5 Å². The molecule has 4 aromatic carbocycles. The van der Waals surface area contributed by atoms with Gasteiger partial charge in [0.1, 0.15) is 24.5 Å². The molecule has 12 heteroatoms. The Bertz CT molecular complexity index is 1820. The van der Waals surface area contributed by atoms with Crippen molar-refractivity contribution >= 4 is 51.2 Å². The van der Waals surface area contributed by atoms with Gasteiger partial charge >= 0.3 is 6.03 Å². The minimum atomic E-state index is -0.869. The van der Waals surface area contributed by atoms with E-state index in [-0.39, 0.29) is 23.6 Å². The molecule has 0 aliphatic carbocycles. The largest absolute Gasteiger partial charge is 0.490 e. The molecule has 1 saturated heterocycles. The van der Waals surface area contributed by atoms with Crippen molar-refractivity contribution in [2.24, 2.45) is 0 Å². The number of halogens is 1. The van der Waals surface area contributed by atoms with E-state index in [0.717, 1.165) is 16.0 Å². The summed E-state index contributed by atoms with van der Waals surface area (Å²) in [6.45, 7) is 4.55. The first-order valence-corrected chi connectivity index (χ1v) is 14.9. The fraction of sp³-hybridized carbons (Fsp3) is 0.147. The number of amides is 4. The average molecular weight is 687 g/mol. The Labute approximate surface area is 272 Å². The molecule has 0 bridgehead atoms. The van der Waals surface area contributed by atoms with Crippen LogP contribution in [0.15, 0.2) is 95.0 Å². The molecule has 5 rings (SSSR count). The van der Waals surface area contributed by atoms with E-state index in [4.69, 9.17) is 14.2 Å². The summed E-state index contributed by atoms with van der Waals surface area (Å²) >= 11 is 3.48. The number of hydrogen-bond acceptors (Lipinski definition) is 8. The molecule has 11 nitrogen and oxygen atoms in total. The molecule has 1 N–H and O–H groups in total. The Morgan fingerprint density at radius 3 is 2.13 bits per heavy atom. The summed E-state index contributed by atoms with van der Waals surface area (Å²) in [5.74, 6) is -0.386. The van der Waals surface area contributed by atoms with Crippen LogP contribution < -0.4 is 24.4 Å². The summed E-state index contributed by atoms with van der Waals surface area (Å²) in [5, 5.41) is 13.2. The van der Waals surface area contributed by atoms with Gasteiger partial charge in [0.2, 0.25) is 0 Å². The van der Waals surface area contributed by atoms with Gasteiger partial charge in [-0.05, 0) is 101 Å². The highest BCUT2D eigenvalue weighted by atomic mass is 79.9. The first-order chi connectivity index (χ1) is 22.1. The van der Waals surface area contributed by atoms with Gasteiger partial charge in [-0.25, -0.2) is 9.69 Å². The molecular formula is C34H28BrN3O8. The lowest BCUT2D eigenvalue weighted by Gasteiger charge is -2.26. The number of urea groups is 1. The minimum absolute atomic E-state index is 0.0289. The van der Waals surface area contributed by atoms with E-state index in [0.29, 0.717) is 46.1 Å². The van der Waals surface area contributed by atoms with Crippen LogP contribution in [0.2, 0.25) is 0 Å². The van der Waals surface area contributed by atoms with Crippen LogP contribution in [0.5, 0.6) is 17.2 Å². The molecule has 0 atom stereocenters. The molecule has 0 spiro atoms. The smallest absolute Gasteiger partial charge is 0.335 e. The molecule has 1 aliphatic heterocycles. The standard InChI is InChI=1S/C34H28BrN3O8/c1-3-44-30-18-24(17-29(35)31(30)46-20-23-8-10-26(11-9-23)38(42)43)16-28-32(39)36-34(41)37(33(28)40)25-12-14-27(15-13-25)45-19-22-6-4-21(2)5-7-22/h4-18H,3,19-20H2,1-2H3,(H,36,39,41)/b28-16+. The second-order valence-corrected chi connectivity index (χ2v) is 11.1. The van der Waals surface area contributed by atoms with Crippen LogP contribution in [0.4, 0.5) is 16.2 Å². The molecule has 234 valence electrons. The summed E-state index contributed by atoms with van der Waals surface area (Å²) in [7, 11) is 0. The number of carbonyl (C=O) groups is 3. The molecule has 0 unspecified atom stereocenters. The van der Waals surface area contributed by atoms with Gasteiger partial charge in [-0.1, -0.05) is 29.8 Å². The van der Waals surface area contributed by atoms with Crippen molar-refractivity contribution in [2.75, 3.05) is 11.5 Å².